The van der Waals surface area contributed by atoms with Crippen molar-refractivity contribution in [2.24, 2.45) is 0 Å². The molecule has 1 fully saturated rings. The number of rotatable bonds is 0. The van der Waals surface area contributed by atoms with E-state index >= 15 is 0 Å². The summed E-state index contributed by atoms with van der Waals surface area (Å²) in [5.41, 5.74) is 0. The number of hydrogen-bond acceptors (Lipinski definition) is 3. The van der Waals surface area contributed by atoms with Gasteiger partial charge in [0, 0.05) is 6.04 Å². The monoisotopic (exact) mass is 156 g/mol. The molecule has 2 aliphatic heterocycles. The lowest BCUT2D eigenvalue weighted by atomic mass is 10.1. The molecular weight excluding hydrogens is 148 g/mol. The van der Waals surface area contributed by atoms with Gasteiger partial charge in [-0.15, -0.1) is 11.8 Å². The molecule has 0 aromatic heterocycles. The van der Waals surface area contributed by atoms with E-state index in [-0.39, 0.29) is 17.2 Å². The first-order chi connectivity index (χ1) is 4.88. The van der Waals surface area contributed by atoms with Gasteiger partial charge in [-0.1, -0.05) is 6.08 Å². The van der Waals surface area contributed by atoms with Crippen LogP contribution >= 0.6 is 11.8 Å². The average Bonchev–Trinajstić information content (AvgIpc) is 2.36. The van der Waals surface area contributed by atoms with Crippen LogP contribution in [0, 0.1) is 0 Å². The van der Waals surface area contributed by atoms with Crippen molar-refractivity contribution < 1.29 is 4.79 Å². The van der Waals surface area contributed by atoms with Gasteiger partial charge in [-0.25, -0.2) is 0 Å². The molecule has 2 aliphatic rings. The van der Waals surface area contributed by atoms with Gasteiger partial charge in [0.05, 0.1) is 6.67 Å². The van der Waals surface area contributed by atoms with Gasteiger partial charge in [0.1, 0.15) is 5.25 Å². The van der Waals surface area contributed by atoms with Gasteiger partial charge in [-0.05, 0) is 5.41 Å². The lowest BCUT2D eigenvalue weighted by Crippen LogP contribution is -2.54. The zero-order chi connectivity index (χ0) is 6.97. The predicted molar refractivity (Wildman–Crippen MR) is 40.5 cm³/mol. The molecule has 2 N–H and O–H groups in total. The molecule has 2 atom stereocenters. The second-order valence-corrected chi connectivity index (χ2v) is 3.39. The first-order valence-corrected chi connectivity index (χ1v) is 4.15. The van der Waals surface area contributed by atoms with Crippen molar-refractivity contribution in [1.82, 2.24) is 10.6 Å². The molecule has 0 bridgehead atoms. The van der Waals surface area contributed by atoms with E-state index in [2.05, 4.69) is 10.6 Å². The summed E-state index contributed by atoms with van der Waals surface area (Å²) in [6, 6.07) is 0.263. The Balaban J connectivity index is 2.14. The Hall–Kier alpha value is -0.480. The molecule has 0 spiro atoms. The second-order valence-electron chi connectivity index (χ2n) is 2.33. The van der Waals surface area contributed by atoms with Crippen molar-refractivity contribution in [2.75, 3.05) is 6.67 Å². The number of fused-ring (bicyclic) bond motifs is 1. The number of amides is 1. The van der Waals surface area contributed by atoms with Crippen LogP contribution in [0.4, 0.5) is 0 Å². The molecule has 0 aromatic carbocycles. The lowest BCUT2D eigenvalue weighted by Gasteiger charge is -2.24. The van der Waals surface area contributed by atoms with Crippen molar-refractivity contribution in [3.8, 4) is 0 Å². The third-order valence-electron chi connectivity index (χ3n) is 1.70. The molecular formula is C6H8N2OS. The predicted octanol–water partition coefficient (Wildman–Crippen LogP) is -0.339. The summed E-state index contributed by atoms with van der Waals surface area (Å²) in [5.74, 6) is 0.152. The van der Waals surface area contributed by atoms with Crippen LogP contribution in [0.25, 0.3) is 0 Å². The first kappa shape index (κ1) is 6.24. The highest BCUT2D eigenvalue weighted by Gasteiger charge is 2.32. The molecule has 3 nitrogen and oxygen atoms in total. The molecule has 54 valence electrons. The Kier molecular flexibility index (Phi) is 1.43. The van der Waals surface area contributed by atoms with Crippen LogP contribution in [0.1, 0.15) is 0 Å². The Morgan fingerprint density at radius 1 is 1.70 bits per heavy atom. The number of hydrogen-bond donors (Lipinski definition) is 2. The topological polar surface area (TPSA) is 41.1 Å². The fourth-order valence-corrected chi connectivity index (χ4v) is 2.15. The van der Waals surface area contributed by atoms with E-state index in [1.54, 1.807) is 11.8 Å². The van der Waals surface area contributed by atoms with E-state index in [0.717, 1.165) is 0 Å². The van der Waals surface area contributed by atoms with Gasteiger partial charge >= 0.3 is 0 Å². The van der Waals surface area contributed by atoms with Crippen LogP contribution in [-0.2, 0) is 4.79 Å². The third kappa shape index (κ3) is 0.839. The Morgan fingerprint density at radius 3 is 3.40 bits per heavy atom. The van der Waals surface area contributed by atoms with E-state index in [1.807, 2.05) is 11.5 Å². The number of thioether (sulfide) groups is 1. The summed E-state index contributed by atoms with van der Waals surface area (Å²) in [6.07, 6.45) is 2.04. The van der Waals surface area contributed by atoms with Crippen molar-refractivity contribution in [3.05, 3.63) is 11.5 Å². The summed E-state index contributed by atoms with van der Waals surface area (Å²) in [5, 5.41) is 7.97. The molecule has 0 aliphatic carbocycles. The standard InChI is InChI=1S/C6H8N2OS/c9-6-5-4(1-2-10-5)7-3-8-6/h1-2,4-5,7H,3H2,(H,8,9). The Morgan fingerprint density at radius 2 is 2.60 bits per heavy atom. The van der Waals surface area contributed by atoms with Crippen molar-refractivity contribution in [2.45, 2.75) is 11.3 Å². The van der Waals surface area contributed by atoms with E-state index in [1.165, 1.54) is 0 Å². The summed E-state index contributed by atoms with van der Waals surface area (Å²) in [4.78, 5) is 11.1. The molecule has 2 rings (SSSR count). The first-order valence-electron chi connectivity index (χ1n) is 3.21. The van der Waals surface area contributed by atoms with Crippen LogP contribution in [0.15, 0.2) is 11.5 Å². The third-order valence-corrected chi connectivity index (χ3v) is 2.81. The molecule has 4 heteroatoms. The van der Waals surface area contributed by atoms with Crippen molar-refractivity contribution in [1.29, 1.82) is 0 Å². The Bertz CT molecular complexity index is 192. The zero-order valence-corrected chi connectivity index (χ0v) is 6.15. The maximum atomic E-state index is 11.1. The van der Waals surface area contributed by atoms with E-state index < -0.39 is 0 Å². The Labute approximate surface area is 63.2 Å². The van der Waals surface area contributed by atoms with Crippen molar-refractivity contribution >= 4 is 17.7 Å². The second kappa shape index (κ2) is 2.29. The highest BCUT2D eigenvalue weighted by atomic mass is 32.2. The maximum absolute atomic E-state index is 11.1. The molecule has 1 amide bonds. The summed E-state index contributed by atoms with van der Waals surface area (Å²) < 4.78 is 0. The summed E-state index contributed by atoms with van der Waals surface area (Å²) in [6.45, 7) is 0.602. The maximum Gasteiger partial charge on any atom is 0.236 e. The van der Waals surface area contributed by atoms with Crippen molar-refractivity contribution in [3.63, 3.8) is 0 Å². The molecule has 2 unspecified atom stereocenters. The van der Waals surface area contributed by atoms with Crippen LogP contribution in [-0.4, -0.2) is 23.9 Å². The minimum Gasteiger partial charge on any atom is -0.342 e. The van der Waals surface area contributed by atoms with E-state index in [9.17, 15) is 4.79 Å². The highest BCUT2D eigenvalue weighted by molar-refractivity contribution is 8.03. The smallest absolute Gasteiger partial charge is 0.236 e. The van der Waals surface area contributed by atoms with E-state index in [4.69, 9.17) is 0 Å². The zero-order valence-electron chi connectivity index (χ0n) is 5.33. The highest BCUT2D eigenvalue weighted by Crippen LogP contribution is 2.25. The van der Waals surface area contributed by atoms with Crippen LogP contribution in [0.3, 0.4) is 0 Å². The molecule has 10 heavy (non-hydrogen) atoms. The quantitative estimate of drug-likeness (QED) is 0.504. The minimum absolute atomic E-state index is 0.0775. The fraction of sp³-hybridized carbons (Fsp3) is 0.500. The van der Waals surface area contributed by atoms with Crippen LogP contribution < -0.4 is 10.6 Å². The summed E-state index contributed by atoms with van der Waals surface area (Å²) in [7, 11) is 0. The molecule has 1 saturated heterocycles. The number of carbonyl (C=O) groups excluding carboxylic acids is 1. The van der Waals surface area contributed by atoms with Gasteiger partial charge in [-0.2, -0.15) is 0 Å². The van der Waals surface area contributed by atoms with Crippen LogP contribution in [0.5, 0.6) is 0 Å². The average molecular weight is 156 g/mol. The lowest BCUT2D eigenvalue weighted by molar-refractivity contribution is -0.122. The van der Waals surface area contributed by atoms with Gasteiger partial charge < -0.3 is 5.32 Å². The number of carbonyl (C=O) groups is 1. The molecule has 0 saturated carbocycles. The van der Waals surface area contributed by atoms with Gasteiger partial charge in [0.25, 0.3) is 0 Å². The summed E-state index contributed by atoms with van der Waals surface area (Å²) >= 11 is 1.58. The minimum atomic E-state index is 0.0775. The van der Waals surface area contributed by atoms with Gasteiger partial charge in [0.15, 0.2) is 0 Å². The molecule has 0 aromatic rings. The fourth-order valence-electron chi connectivity index (χ4n) is 1.16. The molecule has 0 radical (unpaired) electrons. The SMILES string of the molecule is O=C1NCNC2C=CSC12. The van der Waals surface area contributed by atoms with Gasteiger partial charge in [0.2, 0.25) is 5.91 Å². The molecule has 2 heterocycles. The largest absolute Gasteiger partial charge is 0.342 e. The van der Waals surface area contributed by atoms with E-state index in [0.29, 0.717) is 6.67 Å². The van der Waals surface area contributed by atoms with Crippen LogP contribution in [0.2, 0.25) is 0 Å². The normalized spacial score (nSPS) is 37.4. The number of nitrogens with one attached hydrogen (secondary N) is 2. The van der Waals surface area contributed by atoms with Gasteiger partial charge in [-0.3, -0.25) is 10.1 Å².